The van der Waals surface area contributed by atoms with Gasteiger partial charge in [0.05, 0.1) is 10.6 Å². The molecule has 3 rings (SSSR count). The molecule has 10 heteroatoms. The topological polar surface area (TPSA) is 86.8 Å². The van der Waals surface area contributed by atoms with Crippen LogP contribution in [0.1, 0.15) is 31.9 Å². The molecule has 0 fully saturated rings. The van der Waals surface area contributed by atoms with Crippen LogP contribution in [0.5, 0.6) is 0 Å². The van der Waals surface area contributed by atoms with Crippen molar-refractivity contribution >= 4 is 39.1 Å². The first-order chi connectivity index (χ1) is 17.9. The Bertz CT molecular complexity index is 1380. The number of carbonyl (C=O) groups excluding carboxylic acids is 2. The highest BCUT2D eigenvalue weighted by Crippen LogP contribution is 2.26. The zero-order valence-corrected chi connectivity index (χ0v) is 23.3. The first-order valence-electron chi connectivity index (χ1n) is 12.1. The Morgan fingerprint density at radius 3 is 2.13 bits per heavy atom. The number of nitrogens with zero attached hydrogens (tertiary/aromatic N) is 2. The number of benzene rings is 3. The van der Waals surface area contributed by atoms with Crippen molar-refractivity contribution in [2.24, 2.45) is 0 Å². The molecule has 0 spiro atoms. The molecule has 0 bridgehead atoms. The maximum atomic E-state index is 13.8. The van der Waals surface area contributed by atoms with Gasteiger partial charge in [0, 0.05) is 17.6 Å². The molecule has 0 aromatic heterocycles. The van der Waals surface area contributed by atoms with Crippen LogP contribution in [0.3, 0.4) is 0 Å². The van der Waals surface area contributed by atoms with E-state index in [0.29, 0.717) is 10.6 Å². The highest BCUT2D eigenvalue weighted by Gasteiger charge is 2.33. The van der Waals surface area contributed by atoms with Gasteiger partial charge < -0.3 is 10.2 Å². The molecule has 0 radical (unpaired) electrons. The van der Waals surface area contributed by atoms with E-state index in [0.717, 1.165) is 34.1 Å². The van der Waals surface area contributed by atoms with Gasteiger partial charge in [-0.25, -0.2) is 12.8 Å². The van der Waals surface area contributed by atoms with Crippen molar-refractivity contribution in [3.8, 4) is 0 Å². The fourth-order valence-corrected chi connectivity index (χ4v) is 5.38. The van der Waals surface area contributed by atoms with Gasteiger partial charge in [-0.2, -0.15) is 0 Å². The lowest BCUT2D eigenvalue weighted by atomic mass is 10.1. The van der Waals surface area contributed by atoms with Crippen molar-refractivity contribution < 1.29 is 22.4 Å². The van der Waals surface area contributed by atoms with Gasteiger partial charge in [-0.05, 0) is 75.7 Å². The molecule has 0 aliphatic rings. The van der Waals surface area contributed by atoms with E-state index in [-0.39, 0.29) is 29.1 Å². The average molecular weight is 560 g/mol. The molecule has 3 aromatic rings. The number of hydrogen-bond acceptors (Lipinski definition) is 4. The van der Waals surface area contributed by atoms with Gasteiger partial charge in [0.25, 0.3) is 10.0 Å². The molecule has 1 atom stereocenters. The standard InChI is InChI=1S/C28H31ClFN3O4S/c1-19(2)31-28(35)21(4)32(17-22-7-5-6-8-26(22)29)27(34)18-33(24-13-9-20(3)10-14-24)38(36,37)25-15-11-23(30)12-16-25/h5-16,19,21H,17-18H2,1-4H3,(H,31,35). The smallest absolute Gasteiger partial charge is 0.264 e. The van der Waals surface area contributed by atoms with Gasteiger partial charge >= 0.3 is 0 Å². The van der Waals surface area contributed by atoms with E-state index in [1.54, 1.807) is 69.3 Å². The summed E-state index contributed by atoms with van der Waals surface area (Å²) in [6.45, 7) is 6.44. The number of amides is 2. The number of nitrogens with one attached hydrogen (secondary N) is 1. The van der Waals surface area contributed by atoms with Crippen LogP contribution in [0.25, 0.3) is 0 Å². The van der Waals surface area contributed by atoms with Crippen molar-refractivity contribution in [2.45, 2.75) is 51.2 Å². The normalized spacial score (nSPS) is 12.2. The lowest BCUT2D eigenvalue weighted by Crippen LogP contribution is -2.52. The number of rotatable bonds is 10. The van der Waals surface area contributed by atoms with Crippen LogP contribution in [0.15, 0.2) is 77.7 Å². The summed E-state index contributed by atoms with van der Waals surface area (Å²) < 4.78 is 41.9. The second kappa shape index (κ2) is 12.4. The lowest BCUT2D eigenvalue weighted by molar-refractivity contribution is -0.139. The molecule has 0 saturated heterocycles. The number of aryl methyl sites for hydroxylation is 1. The second-order valence-corrected chi connectivity index (χ2v) is 11.5. The third-order valence-electron chi connectivity index (χ3n) is 5.90. The van der Waals surface area contributed by atoms with Crippen molar-refractivity contribution in [3.05, 3.63) is 94.8 Å². The van der Waals surface area contributed by atoms with E-state index in [9.17, 15) is 22.4 Å². The van der Waals surface area contributed by atoms with Crippen molar-refractivity contribution in [1.29, 1.82) is 0 Å². The molecule has 1 unspecified atom stereocenters. The van der Waals surface area contributed by atoms with Crippen LogP contribution in [0.4, 0.5) is 10.1 Å². The Hall–Kier alpha value is -3.43. The van der Waals surface area contributed by atoms with E-state index in [1.165, 1.54) is 4.90 Å². The number of hydrogen-bond donors (Lipinski definition) is 1. The van der Waals surface area contributed by atoms with E-state index in [4.69, 9.17) is 11.6 Å². The third kappa shape index (κ3) is 7.11. The molecule has 202 valence electrons. The van der Waals surface area contributed by atoms with E-state index in [1.807, 2.05) is 6.92 Å². The number of halogens is 2. The predicted octanol–water partition coefficient (Wildman–Crippen LogP) is 4.92. The average Bonchev–Trinajstić information content (AvgIpc) is 2.86. The Kier molecular flexibility index (Phi) is 9.51. The van der Waals surface area contributed by atoms with Gasteiger partial charge in [0.15, 0.2) is 0 Å². The van der Waals surface area contributed by atoms with Crippen molar-refractivity contribution in [2.75, 3.05) is 10.8 Å². The SMILES string of the molecule is Cc1ccc(N(CC(=O)N(Cc2ccccc2Cl)C(C)C(=O)NC(C)C)S(=O)(=O)c2ccc(F)cc2)cc1. The summed E-state index contributed by atoms with van der Waals surface area (Å²) in [5.41, 5.74) is 1.76. The highest BCUT2D eigenvalue weighted by molar-refractivity contribution is 7.92. The maximum Gasteiger partial charge on any atom is 0.264 e. The van der Waals surface area contributed by atoms with E-state index >= 15 is 0 Å². The Morgan fingerprint density at radius 2 is 1.55 bits per heavy atom. The number of sulfonamides is 1. The van der Waals surface area contributed by atoms with Crippen LogP contribution in [0.2, 0.25) is 5.02 Å². The first kappa shape index (κ1) is 29.1. The lowest BCUT2D eigenvalue weighted by Gasteiger charge is -2.32. The first-order valence-corrected chi connectivity index (χ1v) is 13.9. The van der Waals surface area contributed by atoms with Crippen molar-refractivity contribution in [3.63, 3.8) is 0 Å². The molecule has 0 aliphatic carbocycles. The minimum atomic E-state index is -4.27. The molecule has 0 saturated carbocycles. The second-order valence-electron chi connectivity index (χ2n) is 9.25. The van der Waals surface area contributed by atoms with Crippen LogP contribution in [-0.4, -0.2) is 43.8 Å². The minimum Gasteiger partial charge on any atom is -0.352 e. The summed E-state index contributed by atoms with van der Waals surface area (Å²) in [6.07, 6.45) is 0. The monoisotopic (exact) mass is 559 g/mol. The Morgan fingerprint density at radius 1 is 0.947 bits per heavy atom. The van der Waals surface area contributed by atoms with Crippen LogP contribution in [0, 0.1) is 12.7 Å². The molecular weight excluding hydrogens is 529 g/mol. The maximum absolute atomic E-state index is 13.8. The molecule has 0 heterocycles. The summed E-state index contributed by atoms with van der Waals surface area (Å²) >= 11 is 6.35. The zero-order chi connectivity index (χ0) is 28.0. The summed E-state index contributed by atoms with van der Waals surface area (Å²) in [4.78, 5) is 27.9. The molecule has 7 nitrogen and oxygen atoms in total. The summed E-state index contributed by atoms with van der Waals surface area (Å²) in [5, 5.41) is 3.21. The minimum absolute atomic E-state index is 0.0104. The Labute approximate surface area is 228 Å². The third-order valence-corrected chi connectivity index (χ3v) is 8.06. The van der Waals surface area contributed by atoms with Gasteiger partial charge in [0.1, 0.15) is 18.4 Å². The fourth-order valence-electron chi connectivity index (χ4n) is 3.77. The van der Waals surface area contributed by atoms with Crippen LogP contribution in [-0.2, 0) is 26.2 Å². The highest BCUT2D eigenvalue weighted by atomic mass is 35.5. The Balaban J connectivity index is 2.03. The summed E-state index contributed by atoms with van der Waals surface area (Å²) in [5.74, 6) is -1.58. The van der Waals surface area contributed by atoms with Crippen molar-refractivity contribution in [1.82, 2.24) is 10.2 Å². The van der Waals surface area contributed by atoms with E-state index in [2.05, 4.69) is 5.32 Å². The van der Waals surface area contributed by atoms with Gasteiger partial charge in [-0.1, -0.05) is 47.5 Å². The number of carbonyl (C=O) groups is 2. The quantitative estimate of drug-likeness (QED) is 0.382. The predicted molar refractivity (Wildman–Crippen MR) is 147 cm³/mol. The van der Waals surface area contributed by atoms with Gasteiger partial charge in [0.2, 0.25) is 11.8 Å². The molecule has 38 heavy (non-hydrogen) atoms. The fraction of sp³-hybridized carbons (Fsp3) is 0.286. The molecule has 1 N–H and O–H groups in total. The number of anilines is 1. The molecule has 3 aromatic carbocycles. The zero-order valence-electron chi connectivity index (χ0n) is 21.7. The van der Waals surface area contributed by atoms with Crippen LogP contribution >= 0.6 is 11.6 Å². The molecule has 0 aliphatic heterocycles. The van der Waals surface area contributed by atoms with E-state index < -0.39 is 34.3 Å². The van der Waals surface area contributed by atoms with Crippen LogP contribution < -0.4 is 9.62 Å². The summed E-state index contributed by atoms with van der Waals surface area (Å²) in [7, 11) is -4.27. The van der Waals surface area contributed by atoms with Gasteiger partial charge in [-0.15, -0.1) is 0 Å². The van der Waals surface area contributed by atoms with Gasteiger partial charge in [-0.3, -0.25) is 13.9 Å². The molecular formula is C28H31ClFN3O4S. The largest absolute Gasteiger partial charge is 0.352 e. The summed E-state index contributed by atoms with van der Waals surface area (Å²) in [6, 6.07) is 16.9. The molecule has 2 amide bonds.